The minimum Gasteiger partial charge on any atom is -0.274 e. The van der Waals surface area contributed by atoms with Gasteiger partial charge in [0.2, 0.25) is 0 Å². The summed E-state index contributed by atoms with van der Waals surface area (Å²) in [6.45, 7) is 0. The van der Waals surface area contributed by atoms with Gasteiger partial charge in [-0.3, -0.25) is 9.36 Å². The van der Waals surface area contributed by atoms with E-state index < -0.39 is 0 Å². The zero-order valence-electron chi connectivity index (χ0n) is 9.61. The third-order valence-electron chi connectivity index (χ3n) is 2.73. The second-order valence-corrected chi connectivity index (χ2v) is 4.93. The van der Waals surface area contributed by atoms with Crippen LogP contribution in [0.4, 0.5) is 0 Å². The maximum atomic E-state index is 11.9. The van der Waals surface area contributed by atoms with E-state index in [0.717, 1.165) is 15.8 Å². The van der Waals surface area contributed by atoms with Crippen molar-refractivity contribution in [3.05, 3.63) is 69.8 Å². The normalized spacial score (nSPS) is 11.3. The first-order chi connectivity index (χ1) is 8.84. The molecule has 2 nitrogen and oxygen atoms in total. The van der Waals surface area contributed by atoms with Crippen molar-refractivity contribution in [1.82, 2.24) is 4.57 Å². The minimum atomic E-state index is 0.0448. The van der Waals surface area contributed by atoms with E-state index in [0.29, 0.717) is 0 Å². The van der Waals surface area contributed by atoms with Gasteiger partial charge >= 0.3 is 4.87 Å². The van der Waals surface area contributed by atoms with Crippen LogP contribution in [0.2, 0.25) is 0 Å². The van der Waals surface area contributed by atoms with Crippen molar-refractivity contribution in [2.45, 2.75) is 0 Å². The summed E-state index contributed by atoms with van der Waals surface area (Å²) in [5.74, 6) is 0. The van der Waals surface area contributed by atoms with Crippen LogP contribution in [0.1, 0.15) is 5.56 Å². The van der Waals surface area contributed by atoms with E-state index in [1.165, 1.54) is 11.3 Å². The van der Waals surface area contributed by atoms with E-state index in [9.17, 15) is 4.79 Å². The zero-order chi connectivity index (χ0) is 12.4. The lowest BCUT2D eigenvalue weighted by Gasteiger charge is -1.95. The first kappa shape index (κ1) is 11.0. The van der Waals surface area contributed by atoms with E-state index in [1.54, 1.807) is 4.57 Å². The molecule has 0 spiro atoms. The van der Waals surface area contributed by atoms with Crippen molar-refractivity contribution < 1.29 is 0 Å². The van der Waals surface area contributed by atoms with Gasteiger partial charge in [-0.1, -0.05) is 53.8 Å². The molecule has 0 saturated heterocycles. The molecule has 3 rings (SSSR count). The number of aromatic nitrogens is 1. The van der Waals surface area contributed by atoms with Gasteiger partial charge in [0.25, 0.3) is 0 Å². The predicted molar refractivity (Wildman–Crippen MR) is 77.8 cm³/mol. The molecule has 1 aromatic heterocycles. The number of nitrogens with zero attached hydrogens (tertiary/aromatic N) is 1. The Bertz CT molecular complexity index is 753. The van der Waals surface area contributed by atoms with Gasteiger partial charge in [0.15, 0.2) is 0 Å². The van der Waals surface area contributed by atoms with E-state index in [2.05, 4.69) is 0 Å². The third kappa shape index (κ3) is 2.00. The van der Waals surface area contributed by atoms with Crippen molar-refractivity contribution in [1.29, 1.82) is 0 Å². The van der Waals surface area contributed by atoms with Crippen molar-refractivity contribution >= 4 is 33.8 Å². The first-order valence-corrected chi connectivity index (χ1v) is 6.49. The third-order valence-corrected chi connectivity index (χ3v) is 3.67. The molecule has 18 heavy (non-hydrogen) atoms. The number of hydrogen-bond donors (Lipinski definition) is 0. The molecule has 0 amide bonds. The molecule has 3 heteroatoms. The molecule has 0 saturated carbocycles. The molecule has 2 aromatic carbocycles. The topological polar surface area (TPSA) is 22.0 Å². The van der Waals surface area contributed by atoms with Crippen molar-refractivity contribution in [3.8, 4) is 0 Å². The highest BCUT2D eigenvalue weighted by atomic mass is 32.1. The molecule has 0 N–H and O–H groups in total. The summed E-state index contributed by atoms with van der Waals surface area (Å²) in [4.78, 5) is 11.9. The van der Waals surface area contributed by atoms with Crippen molar-refractivity contribution in [2.24, 2.45) is 0 Å². The summed E-state index contributed by atoms with van der Waals surface area (Å²) in [5.41, 5.74) is 2.04. The van der Waals surface area contributed by atoms with Gasteiger partial charge in [-0.25, -0.2) is 0 Å². The number of para-hydroxylation sites is 1. The maximum absolute atomic E-state index is 11.9. The highest BCUT2D eigenvalue weighted by Gasteiger charge is 2.03. The molecule has 0 fully saturated rings. The largest absolute Gasteiger partial charge is 0.312 e. The van der Waals surface area contributed by atoms with Crippen LogP contribution in [0, 0.1) is 0 Å². The smallest absolute Gasteiger partial charge is 0.274 e. The van der Waals surface area contributed by atoms with Crippen molar-refractivity contribution in [3.63, 3.8) is 0 Å². The Morgan fingerprint density at radius 3 is 2.50 bits per heavy atom. The molecular formula is C15H11NOS. The Hall–Kier alpha value is -2.13. The molecule has 0 aliphatic rings. The average Bonchev–Trinajstić information content (AvgIpc) is 2.73. The van der Waals surface area contributed by atoms with Gasteiger partial charge < -0.3 is 0 Å². The summed E-state index contributed by atoms with van der Waals surface area (Å²) in [6, 6.07) is 17.8. The first-order valence-electron chi connectivity index (χ1n) is 5.68. The SMILES string of the molecule is O=c1sc2ccccc2n1/C=C/c1ccccc1. The van der Waals surface area contributed by atoms with Gasteiger partial charge in [-0.15, -0.1) is 0 Å². The second-order valence-electron chi connectivity index (χ2n) is 3.93. The molecule has 0 unspecified atom stereocenters. The number of benzene rings is 2. The highest BCUT2D eigenvalue weighted by molar-refractivity contribution is 7.16. The monoisotopic (exact) mass is 253 g/mol. The van der Waals surface area contributed by atoms with Crippen LogP contribution in [-0.2, 0) is 0 Å². The van der Waals surface area contributed by atoms with Gasteiger partial charge in [0.1, 0.15) is 0 Å². The standard InChI is InChI=1S/C15H11NOS/c17-15-16(11-10-12-6-2-1-3-7-12)13-8-4-5-9-14(13)18-15/h1-11H/b11-10+. The molecule has 0 aliphatic carbocycles. The highest BCUT2D eigenvalue weighted by Crippen LogP contribution is 2.17. The lowest BCUT2D eigenvalue weighted by atomic mass is 10.2. The van der Waals surface area contributed by atoms with E-state index >= 15 is 0 Å². The Morgan fingerprint density at radius 1 is 0.944 bits per heavy atom. The second kappa shape index (κ2) is 4.63. The van der Waals surface area contributed by atoms with Gasteiger partial charge in [0.05, 0.1) is 10.2 Å². The van der Waals surface area contributed by atoms with Crippen LogP contribution >= 0.6 is 11.3 Å². The molecule has 0 atom stereocenters. The summed E-state index contributed by atoms with van der Waals surface area (Å²) in [5, 5.41) is 0. The van der Waals surface area contributed by atoms with E-state index in [4.69, 9.17) is 0 Å². The van der Waals surface area contributed by atoms with Gasteiger partial charge in [-0.2, -0.15) is 0 Å². The summed E-state index contributed by atoms with van der Waals surface area (Å²) in [6.07, 6.45) is 3.77. The lowest BCUT2D eigenvalue weighted by Crippen LogP contribution is -2.05. The molecule has 1 heterocycles. The number of fused-ring (bicyclic) bond motifs is 1. The van der Waals surface area contributed by atoms with E-state index in [-0.39, 0.29) is 4.87 Å². The Kier molecular flexibility index (Phi) is 2.82. The van der Waals surface area contributed by atoms with Crippen molar-refractivity contribution in [2.75, 3.05) is 0 Å². The van der Waals surface area contributed by atoms with Crippen LogP contribution in [0.3, 0.4) is 0 Å². The van der Waals surface area contributed by atoms with Crippen LogP contribution in [0.25, 0.3) is 22.5 Å². The van der Waals surface area contributed by atoms with Crippen LogP contribution in [0.5, 0.6) is 0 Å². The zero-order valence-corrected chi connectivity index (χ0v) is 10.4. The molecule has 0 bridgehead atoms. The molecular weight excluding hydrogens is 242 g/mol. The molecule has 0 radical (unpaired) electrons. The number of hydrogen-bond acceptors (Lipinski definition) is 2. The molecule has 0 aliphatic heterocycles. The minimum absolute atomic E-state index is 0.0448. The summed E-state index contributed by atoms with van der Waals surface area (Å²) < 4.78 is 2.70. The molecule has 3 aromatic rings. The van der Waals surface area contributed by atoms with Gasteiger partial charge in [0, 0.05) is 6.20 Å². The van der Waals surface area contributed by atoms with Crippen LogP contribution < -0.4 is 4.87 Å². The van der Waals surface area contributed by atoms with Gasteiger partial charge in [-0.05, 0) is 23.8 Å². The average molecular weight is 253 g/mol. The predicted octanol–water partition coefficient (Wildman–Crippen LogP) is 3.69. The quantitative estimate of drug-likeness (QED) is 0.682. The summed E-state index contributed by atoms with van der Waals surface area (Å²) >= 11 is 1.27. The number of thiazole rings is 1. The lowest BCUT2D eigenvalue weighted by molar-refractivity contribution is 1.18. The Balaban J connectivity index is 2.08. The Labute approximate surface area is 108 Å². The Morgan fingerprint density at radius 2 is 1.67 bits per heavy atom. The fourth-order valence-electron chi connectivity index (χ4n) is 1.85. The van der Waals surface area contributed by atoms with E-state index in [1.807, 2.05) is 66.9 Å². The fraction of sp³-hybridized carbons (Fsp3) is 0. The maximum Gasteiger partial charge on any atom is 0.312 e. The summed E-state index contributed by atoms with van der Waals surface area (Å²) in [7, 11) is 0. The number of rotatable bonds is 2. The van der Waals surface area contributed by atoms with Crippen LogP contribution in [0.15, 0.2) is 59.4 Å². The van der Waals surface area contributed by atoms with Crippen LogP contribution in [-0.4, -0.2) is 4.57 Å². The fourth-order valence-corrected chi connectivity index (χ4v) is 2.71. The molecule has 88 valence electrons.